The Kier molecular flexibility index (Phi) is 6.92. The van der Waals surface area contributed by atoms with Gasteiger partial charge in [-0.05, 0) is 19.4 Å². The molecule has 1 heterocycles. The molecule has 1 aliphatic heterocycles. The smallest absolute Gasteiger partial charge is 0.338 e. The predicted octanol–water partition coefficient (Wildman–Crippen LogP) is 2.17. The van der Waals surface area contributed by atoms with E-state index >= 15 is 0 Å². The summed E-state index contributed by atoms with van der Waals surface area (Å²) in [6.45, 7) is 3.40. The monoisotopic (exact) mass is 401 g/mol. The van der Waals surface area contributed by atoms with Crippen LogP contribution in [0.3, 0.4) is 0 Å². The number of nitro groups is 1. The van der Waals surface area contributed by atoms with E-state index in [0.29, 0.717) is 5.56 Å². The van der Waals surface area contributed by atoms with Crippen LogP contribution in [0.25, 0.3) is 0 Å². The van der Waals surface area contributed by atoms with Gasteiger partial charge >= 0.3 is 11.9 Å². The van der Waals surface area contributed by atoms with Crippen molar-refractivity contribution in [2.24, 2.45) is 5.73 Å². The molecular formula is C19H19N3O7. The zero-order valence-electron chi connectivity index (χ0n) is 15.8. The van der Waals surface area contributed by atoms with Crippen LogP contribution in [0.4, 0.5) is 5.69 Å². The van der Waals surface area contributed by atoms with Crippen molar-refractivity contribution in [2.45, 2.75) is 26.2 Å². The minimum atomic E-state index is -1.02. The van der Waals surface area contributed by atoms with Gasteiger partial charge in [0.05, 0.1) is 29.6 Å². The van der Waals surface area contributed by atoms with Crippen LogP contribution in [0.2, 0.25) is 0 Å². The minimum absolute atomic E-state index is 0.0447. The number of benzene rings is 1. The summed E-state index contributed by atoms with van der Waals surface area (Å²) in [5, 5.41) is 20.5. The third-order valence-electron chi connectivity index (χ3n) is 4.04. The molecule has 1 unspecified atom stereocenters. The predicted molar refractivity (Wildman–Crippen MR) is 98.7 cm³/mol. The number of nitro benzene ring substituents is 1. The van der Waals surface area contributed by atoms with Crippen molar-refractivity contribution in [2.75, 3.05) is 13.2 Å². The van der Waals surface area contributed by atoms with Gasteiger partial charge in [-0.25, -0.2) is 4.79 Å². The maximum absolute atomic E-state index is 12.7. The maximum atomic E-state index is 12.7. The molecule has 29 heavy (non-hydrogen) atoms. The van der Waals surface area contributed by atoms with Crippen LogP contribution in [-0.4, -0.2) is 30.1 Å². The van der Waals surface area contributed by atoms with Crippen LogP contribution in [0.5, 0.6) is 0 Å². The number of hydrogen-bond donors (Lipinski definition) is 1. The highest BCUT2D eigenvalue weighted by atomic mass is 16.6. The van der Waals surface area contributed by atoms with Gasteiger partial charge in [-0.2, -0.15) is 5.26 Å². The quantitative estimate of drug-likeness (QED) is 0.411. The molecule has 1 atom stereocenters. The van der Waals surface area contributed by atoms with Crippen LogP contribution in [-0.2, 0) is 23.8 Å². The van der Waals surface area contributed by atoms with Crippen molar-refractivity contribution in [3.63, 3.8) is 0 Å². The number of esters is 2. The number of nitrogens with zero attached hydrogens (tertiary/aromatic N) is 2. The molecule has 0 radical (unpaired) electrons. The Bertz CT molecular complexity index is 926. The van der Waals surface area contributed by atoms with E-state index in [-0.39, 0.29) is 41.7 Å². The fourth-order valence-electron chi connectivity index (χ4n) is 2.85. The molecule has 1 aromatic rings. The van der Waals surface area contributed by atoms with E-state index in [1.165, 1.54) is 24.3 Å². The molecule has 1 aromatic carbocycles. The normalized spacial score (nSPS) is 16.0. The molecule has 2 rings (SSSR count). The number of rotatable bonds is 7. The van der Waals surface area contributed by atoms with Crippen LogP contribution >= 0.6 is 0 Å². The number of carbonyl (C=O) groups is 2. The standard InChI is InChI=1S/C19H19N3O7/c1-3-27-15(23)9-14-17(19(24)28-4-2)16(13(10-20)18(21)29-14)11-5-7-12(8-6-11)22(25)26/h5-8,16H,3-4,9,21H2,1-2H3. The van der Waals surface area contributed by atoms with Gasteiger partial charge < -0.3 is 19.9 Å². The molecule has 0 fully saturated rings. The van der Waals surface area contributed by atoms with Crippen molar-refractivity contribution in [3.05, 3.63) is 62.7 Å². The van der Waals surface area contributed by atoms with Gasteiger partial charge in [0.25, 0.3) is 5.69 Å². The lowest BCUT2D eigenvalue weighted by Crippen LogP contribution is -2.27. The molecule has 2 N–H and O–H groups in total. The lowest BCUT2D eigenvalue weighted by Gasteiger charge is -2.27. The number of non-ortho nitro benzene ring substituents is 1. The maximum Gasteiger partial charge on any atom is 0.338 e. The highest BCUT2D eigenvalue weighted by molar-refractivity contribution is 5.93. The Balaban J connectivity index is 2.63. The van der Waals surface area contributed by atoms with Crippen LogP contribution in [0.1, 0.15) is 31.7 Å². The number of nitrogens with two attached hydrogens (primary N) is 1. The number of ether oxygens (including phenoxy) is 3. The van der Waals surface area contributed by atoms with E-state index in [1.807, 2.05) is 6.07 Å². The summed E-state index contributed by atoms with van der Waals surface area (Å²) in [4.78, 5) is 35.0. The molecular weight excluding hydrogens is 382 g/mol. The van der Waals surface area contributed by atoms with Crippen LogP contribution in [0, 0.1) is 21.4 Å². The number of nitriles is 1. The molecule has 0 saturated carbocycles. The van der Waals surface area contributed by atoms with E-state index in [2.05, 4.69) is 0 Å². The SMILES string of the molecule is CCOC(=O)CC1=C(C(=O)OCC)C(c2ccc([N+](=O)[O-])cc2)C(C#N)=C(N)O1. The first kappa shape index (κ1) is 21.4. The zero-order chi connectivity index (χ0) is 21.6. The largest absolute Gasteiger partial charge is 0.466 e. The van der Waals surface area contributed by atoms with Crippen LogP contribution < -0.4 is 5.73 Å². The number of allylic oxidation sites excluding steroid dienone is 1. The zero-order valence-corrected chi connectivity index (χ0v) is 15.8. The fourth-order valence-corrected chi connectivity index (χ4v) is 2.85. The van der Waals surface area contributed by atoms with Crippen molar-refractivity contribution in [1.29, 1.82) is 5.26 Å². The molecule has 10 heteroatoms. The van der Waals surface area contributed by atoms with E-state index in [9.17, 15) is 25.0 Å². The van der Waals surface area contributed by atoms with Gasteiger partial charge in [-0.1, -0.05) is 12.1 Å². The summed E-state index contributed by atoms with van der Waals surface area (Å²) in [6, 6.07) is 7.19. The van der Waals surface area contributed by atoms with Gasteiger partial charge in [0.2, 0.25) is 5.88 Å². The van der Waals surface area contributed by atoms with Crippen molar-refractivity contribution >= 4 is 17.6 Å². The van der Waals surface area contributed by atoms with Gasteiger partial charge in [0.15, 0.2) is 0 Å². The molecule has 0 bridgehead atoms. The van der Waals surface area contributed by atoms with Gasteiger partial charge in [0.1, 0.15) is 23.8 Å². The molecule has 0 saturated heterocycles. The second-order valence-electron chi connectivity index (χ2n) is 5.81. The molecule has 152 valence electrons. The van der Waals surface area contributed by atoms with E-state index < -0.39 is 29.2 Å². The lowest BCUT2D eigenvalue weighted by atomic mass is 9.82. The summed E-state index contributed by atoms with van der Waals surface area (Å²) in [5.74, 6) is -2.83. The third-order valence-corrected chi connectivity index (χ3v) is 4.04. The van der Waals surface area contributed by atoms with E-state index in [0.717, 1.165) is 0 Å². The molecule has 0 aromatic heterocycles. The Morgan fingerprint density at radius 1 is 1.24 bits per heavy atom. The van der Waals surface area contributed by atoms with Gasteiger partial charge in [-0.3, -0.25) is 14.9 Å². The second-order valence-corrected chi connectivity index (χ2v) is 5.81. The average molecular weight is 401 g/mol. The first-order chi connectivity index (χ1) is 13.8. The Labute approximate surface area is 166 Å². The van der Waals surface area contributed by atoms with Gasteiger partial charge in [-0.15, -0.1) is 0 Å². The summed E-state index contributed by atoms with van der Waals surface area (Å²) in [6.07, 6.45) is -0.398. The molecule has 10 nitrogen and oxygen atoms in total. The Morgan fingerprint density at radius 3 is 2.38 bits per heavy atom. The van der Waals surface area contributed by atoms with Crippen LogP contribution in [0.15, 0.2) is 47.1 Å². The lowest BCUT2D eigenvalue weighted by molar-refractivity contribution is -0.384. The minimum Gasteiger partial charge on any atom is -0.466 e. The molecule has 0 amide bonds. The van der Waals surface area contributed by atoms with Crippen molar-refractivity contribution in [1.82, 2.24) is 0 Å². The fraction of sp³-hybridized carbons (Fsp3) is 0.316. The Morgan fingerprint density at radius 2 is 1.86 bits per heavy atom. The first-order valence-corrected chi connectivity index (χ1v) is 8.71. The summed E-state index contributed by atoms with van der Waals surface area (Å²) in [5.41, 5.74) is 5.92. The van der Waals surface area contributed by atoms with Crippen molar-refractivity contribution in [3.8, 4) is 6.07 Å². The molecule has 1 aliphatic rings. The summed E-state index contributed by atoms with van der Waals surface area (Å²) in [7, 11) is 0. The average Bonchev–Trinajstić information content (AvgIpc) is 2.67. The van der Waals surface area contributed by atoms with Crippen molar-refractivity contribution < 1.29 is 28.7 Å². The molecule has 0 spiro atoms. The summed E-state index contributed by atoms with van der Waals surface area (Å²) < 4.78 is 15.4. The highest BCUT2D eigenvalue weighted by Crippen LogP contribution is 2.41. The Hall–Kier alpha value is -3.87. The first-order valence-electron chi connectivity index (χ1n) is 8.71. The third kappa shape index (κ3) is 4.70. The van der Waals surface area contributed by atoms with E-state index in [1.54, 1.807) is 13.8 Å². The number of carbonyl (C=O) groups excluding carboxylic acids is 2. The van der Waals surface area contributed by atoms with E-state index in [4.69, 9.17) is 19.9 Å². The topological polar surface area (TPSA) is 155 Å². The van der Waals surface area contributed by atoms with Gasteiger partial charge in [0, 0.05) is 12.1 Å². The second kappa shape index (κ2) is 9.36. The summed E-state index contributed by atoms with van der Waals surface area (Å²) >= 11 is 0. The number of hydrogen-bond acceptors (Lipinski definition) is 9. The molecule has 0 aliphatic carbocycles. The highest BCUT2D eigenvalue weighted by Gasteiger charge is 2.38.